The van der Waals surface area contributed by atoms with Crippen LogP contribution in [0.25, 0.3) is 0 Å². The van der Waals surface area contributed by atoms with E-state index in [9.17, 15) is 14.7 Å². The lowest BCUT2D eigenvalue weighted by Crippen LogP contribution is -2.47. The van der Waals surface area contributed by atoms with Gasteiger partial charge in [0.1, 0.15) is 0 Å². The van der Waals surface area contributed by atoms with Gasteiger partial charge >= 0.3 is 0 Å². The number of ether oxygens (including phenoxy) is 3. The molecule has 0 bridgehead atoms. The number of benzene rings is 1. The molecule has 0 radical (unpaired) electrons. The van der Waals surface area contributed by atoms with E-state index in [1.807, 2.05) is 32.0 Å². The van der Waals surface area contributed by atoms with Crippen molar-refractivity contribution in [1.29, 1.82) is 0 Å². The Labute approximate surface area is 241 Å². The normalized spacial score (nSPS) is 16.1. The van der Waals surface area contributed by atoms with Crippen LogP contribution >= 0.6 is 0 Å². The van der Waals surface area contributed by atoms with Crippen molar-refractivity contribution < 1.29 is 28.9 Å². The van der Waals surface area contributed by atoms with Crippen molar-refractivity contribution in [2.24, 2.45) is 40.6 Å². The predicted octanol–water partition coefficient (Wildman–Crippen LogP) is 3.46. The van der Waals surface area contributed by atoms with Gasteiger partial charge in [0.25, 0.3) is 0 Å². The topological polar surface area (TPSA) is 146 Å². The van der Waals surface area contributed by atoms with Gasteiger partial charge in [-0.25, -0.2) is 0 Å². The standard InChI is InChI=1S/C31H53N3O6/c1-9-31(6,30(33)37)19-34-29(36)24(21(4)5)18-26(35)25(32)17-23(20(2)3)15-22-11-12-27(39-8)28(16-22)40-14-10-13-38-7/h9,11-12,16,20-21,23-26,35H,1,10,13-15,17-19,32H2,2-8H3,(H2,33,37)(H,34,36)/t23-,24-,25-,26-,31?/m0/s1. The third-order valence-corrected chi connectivity index (χ3v) is 7.77. The summed E-state index contributed by atoms with van der Waals surface area (Å²) in [4.78, 5) is 24.8. The second kappa shape index (κ2) is 17.3. The van der Waals surface area contributed by atoms with Gasteiger partial charge < -0.3 is 36.1 Å². The molecular formula is C31H53N3O6. The van der Waals surface area contributed by atoms with Crippen LogP contribution in [0.4, 0.5) is 0 Å². The molecule has 0 aliphatic carbocycles. The smallest absolute Gasteiger partial charge is 0.228 e. The lowest BCUT2D eigenvalue weighted by atomic mass is 9.80. The van der Waals surface area contributed by atoms with E-state index in [0.717, 1.165) is 18.4 Å². The first kappa shape index (κ1) is 35.4. The molecule has 0 fully saturated rings. The average molecular weight is 564 g/mol. The molecule has 1 unspecified atom stereocenters. The molecule has 1 aromatic carbocycles. The first-order chi connectivity index (χ1) is 18.8. The zero-order chi connectivity index (χ0) is 30.5. The van der Waals surface area contributed by atoms with Crippen LogP contribution in [0, 0.1) is 29.1 Å². The largest absolute Gasteiger partial charge is 0.493 e. The molecule has 1 rings (SSSR count). The Balaban J connectivity index is 2.89. The molecule has 1 aromatic rings. The number of aliphatic hydroxyl groups excluding tert-OH is 1. The average Bonchev–Trinajstić information content (AvgIpc) is 2.91. The predicted molar refractivity (Wildman–Crippen MR) is 159 cm³/mol. The molecule has 0 aromatic heterocycles. The van der Waals surface area contributed by atoms with Crippen molar-refractivity contribution in [3.05, 3.63) is 36.4 Å². The third kappa shape index (κ3) is 11.1. The molecule has 40 heavy (non-hydrogen) atoms. The summed E-state index contributed by atoms with van der Waals surface area (Å²) in [7, 11) is 3.28. The van der Waals surface area contributed by atoms with Crippen molar-refractivity contribution in [1.82, 2.24) is 5.32 Å². The third-order valence-electron chi connectivity index (χ3n) is 7.77. The van der Waals surface area contributed by atoms with Crippen molar-refractivity contribution in [3.8, 4) is 11.5 Å². The van der Waals surface area contributed by atoms with Crippen LogP contribution in [0.2, 0.25) is 0 Å². The van der Waals surface area contributed by atoms with E-state index >= 15 is 0 Å². The Bertz CT molecular complexity index is 938. The molecule has 0 aliphatic heterocycles. The molecule has 228 valence electrons. The van der Waals surface area contributed by atoms with Gasteiger partial charge in [0, 0.05) is 38.6 Å². The van der Waals surface area contributed by atoms with Gasteiger partial charge in [0.2, 0.25) is 11.8 Å². The number of hydrogen-bond donors (Lipinski definition) is 4. The molecule has 0 aliphatic rings. The number of carbonyl (C=O) groups excluding carboxylic acids is 2. The number of aliphatic hydroxyl groups is 1. The van der Waals surface area contributed by atoms with E-state index in [2.05, 4.69) is 25.7 Å². The van der Waals surface area contributed by atoms with Crippen LogP contribution in [0.5, 0.6) is 11.5 Å². The maximum absolute atomic E-state index is 13.0. The highest BCUT2D eigenvalue weighted by Crippen LogP contribution is 2.32. The van der Waals surface area contributed by atoms with Crippen LogP contribution in [0.15, 0.2) is 30.9 Å². The lowest BCUT2D eigenvalue weighted by molar-refractivity contribution is -0.129. The second-order valence-corrected chi connectivity index (χ2v) is 11.6. The number of methoxy groups -OCH3 is 2. The van der Waals surface area contributed by atoms with Crippen LogP contribution in [0.1, 0.15) is 59.4 Å². The minimum Gasteiger partial charge on any atom is -0.493 e. The molecule has 6 N–H and O–H groups in total. The minimum absolute atomic E-state index is 0.0343. The Morgan fingerprint density at radius 3 is 2.30 bits per heavy atom. The van der Waals surface area contributed by atoms with Crippen molar-refractivity contribution >= 4 is 11.8 Å². The van der Waals surface area contributed by atoms with Crippen molar-refractivity contribution in [3.63, 3.8) is 0 Å². The summed E-state index contributed by atoms with van der Waals surface area (Å²) in [5, 5.41) is 13.9. The van der Waals surface area contributed by atoms with Crippen LogP contribution < -0.4 is 26.3 Å². The lowest BCUT2D eigenvalue weighted by Gasteiger charge is -2.30. The summed E-state index contributed by atoms with van der Waals surface area (Å²) < 4.78 is 16.5. The maximum atomic E-state index is 13.0. The van der Waals surface area contributed by atoms with E-state index in [0.29, 0.717) is 37.1 Å². The number of primary amides is 1. The zero-order valence-electron chi connectivity index (χ0n) is 25.6. The molecule has 9 heteroatoms. The summed E-state index contributed by atoms with van der Waals surface area (Å²) in [6.45, 7) is 14.6. The molecule has 0 saturated heterocycles. The van der Waals surface area contributed by atoms with E-state index in [1.165, 1.54) is 6.08 Å². The molecule has 0 spiro atoms. The maximum Gasteiger partial charge on any atom is 0.228 e. The number of nitrogens with one attached hydrogen (secondary N) is 1. The Kier molecular flexibility index (Phi) is 15.3. The van der Waals surface area contributed by atoms with Crippen LogP contribution in [-0.4, -0.2) is 63.0 Å². The molecule has 5 atom stereocenters. The van der Waals surface area contributed by atoms with E-state index < -0.39 is 29.4 Å². The number of hydrogen-bond acceptors (Lipinski definition) is 7. The van der Waals surface area contributed by atoms with Gasteiger partial charge in [-0.15, -0.1) is 6.58 Å². The fourth-order valence-electron chi connectivity index (χ4n) is 4.53. The van der Waals surface area contributed by atoms with E-state index in [-0.39, 0.29) is 30.7 Å². The molecule has 9 nitrogen and oxygen atoms in total. The van der Waals surface area contributed by atoms with Gasteiger partial charge in [0.05, 0.1) is 25.2 Å². The molecule has 0 saturated carbocycles. The van der Waals surface area contributed by atoms with Crippen molar-refractivity contribution in [2.75, 3.05) is 34.0 Å². The molecular weight excluding hydrogens is 510 g/mol. The summed E-state index contributed by atoms with van der Waals surface area (Å²) in [6.07, 6.45) is 2.93. The van der Waals surface area contributed by atoms with Crippen LogP contribution in [-0.2, 0) is 20.7 Å². The van der Waals surface area contributed by atoms with Crippen LogP contribution in [0.3, 0.4) is 0 Å². The fourth-order valence-corrected chi connectivity index (χ4v) is 4.53. The Morgan fingerprint density at radius 2 is 1.77 bits per heavy atom. The van der Waals surface area contributed by atoms with E-state index in [1.54, 1.807) is 21.1 Å². The van der Waals surface area contributed by atoms with Gasteiger partial charge in [-0.2, -0.15) is 0 Å². The van der Waals surface area contributed by atoms with Gasteiger partial charge in [0.15, 0.2) is 11.5 Å². The van der Waals surface area contributed by atoms with Gasteiger partial charge in [-0.3, -0.25) is 9.59 Å². The second-order valence-electron chi connectivity index (χ2n) is 11.6. The number of nitrogens with two attached hydrogens (primary N) is 2. The number of amides is 2. The first-order valence-corrected chi connectivity index (χ1v) is 14.2. The highest BCUT2D eigenvalue weighted by Gasteiger charge is 2.32. The number of rotatable bonds is 20. The first-order valence-electron chi connectivity index (χ1n) is 14.2. The fraction of sp³-hybridized carbons (Fsp3) is 0.677. The quantitative estimate of drug-likeness (QED) is 0.140. The SMILES string of the molecule is C=CC(C)(CNC(=O)[C@@H](C[C@H](O)[C@@H](N)C[C@H](Cc1ccc(OC)c(OCCCOC)c1)C(C)C)C(C)C)C(N)=O. The van der Waals surface area contributed by atoms with Crippen molar-refractivity contribution in [2.45, 2.75) is 72.4 Å². The summed E-state index contributed by atoms with van der Waals surface area (Å²) in [6, 6.07) is 5.44. The summed E-state index contributed by atoms with van der Waals surface area (Å²) >= 11 is 0. The van der Waals surface area contributed by atoms with E-state index in [4.69, 9.17) is 25.7 Å². The highest BCUT2D eigenvalue weighted by molar-refractivity contribution is 5.84. The van der Waals surface area contributed by atoms with Gasteiger partial charge in [-0.05, 0) is 61.6 Å². The highest BCUT2D eigenvalue weighted by atomic mass is 16.5. The molecule has 0 heterocycles. The Hall–Kier alpha value is -2.62. The number of carbonyl (C=O) groups is 2. The Morgan fingerprint density at radius 1 is 1.10 bits per heavy atom. The zero-order valence-corrected chi connectivity index (χ0v) is 25.6. The monoisotopic (exact) mass is 563 g/mol. The molecule has 2 amide bonds. The minimum atomic E-state index is -1.05. The summed E-state index contributed by atoms with van der Waals surface area (Å²) in [5.74, 6) is 0.581. The summed E-state index contributed by atoms with van der Waals surface area (Å²) in [5.41, 5.74) is 12.0. The van der Waals surface area contributed by atoms with Gasteiger partial charge in [-0.1, -0.05) is 39.8 Å².